The number of primary amides is 1. The second-order valence-corrected chi connectivity index (χ2v) is 8.56. The van der Waals surface area contributed by atoms with Crippen LogP contribution in [0.4, 0.5) is 0 Å². The molecule has 8 nitrogen and oxygen atoms in total. The third-order valence-electron chi connectivity index (χ3n) is 4.48. The van der Waals surface area contributed by atoms with E-state index in [9.17, 15) is 23.4 Å². The Balaban J connectivity index is 2.21. The van der Waals surface area contributed by atoms with Crippen LogP contribution in [0.2, 0.25) is 0 Å². The van der Waals surface area contributed by atoms with Gasteiger partial charge in [0, 0.05) is 18.9 Å². The topological polar surface area (TPSA) is 136 Å². The van der Waals surface area contributed by atoms with Crippen molar-refractivity contribution < 1.29 is 23.4 Å². The van der Waals surface area contributed by atoms with Crippen LogP contribution in [0.5, 0.6) is 0 Å². The number of aryl methyl sites for hydroxylation is 1. The summed E-state index contributed by atoms with van der Waals surface area (Å²) >= 11 is 0. The molecule has 130 valence electrons. The van der Waals surface area contributed by atoms with Crippen LogP contribution >= 0.6 is 0 Å². The second-order valence-electron chi connectivity index (χ2n) is 6.23. The number of amides is 1. The van der Waals surface area contributed by atoms with E-state index in [0.717, 1.165) is 6.26 Å². The number of sulfone groups is 1. The van der Waals surface area contributed by atoms with Gasteiger partial charge in [0.15, 0.2) is 0 Å². The van der Waals surface area contributed by atoms with Crippen LogP contribution in [0.15, 0.2) is 6.20 Å². The Kier molecular flexibility index (Phi) is 4.84. The first-order valence-electron chi connectivity index (χ1n) is 7.52. The number of hydrogen-bond donors (Lipinski definition) is 3. The molecule has 1 heterocycles. The predicted molar refractivity (Wildman–Crippen MR) is 83.6 cm³/mol. The molecule has 1 saturated carbocycles. The van der Waals surface area contributed by atoms with Crippen molar-refractivity contribution >= 4 is 15.7 Å². The molecule has 1 aliphatic carbocycles. The number of rotatable bonds is 5. The fraction of sp³-hybridized carbons (Fsp3) is 0.714. The SMILES string of the molecule is CCc1nc(C(N)=O)cn1C[C@@]1(O)CC[C@H](S(C)(=O)=O)C[C@@H]1O. The highest BCUT2D eigenvalue weighted by Gasteiger charge is 2.44. The maximum Gasteiger partial charge on any atom is 0.268 e. The quantitative estimate of drug-likeness (QED) is 0.641. The van der Waals surface area contributed by atoms with Crippen molar-refractivity contribution in [1.82, 2.24) is 9.55 Å². The fourth-order valence-corrected chi connectivity index (χ4v) is 4.10. The largest absolute Gasteiger partial charge is 0.390 e. The number of carbonyl (C=O) groups is 1. The summed E-state index contributed by atoms with van der Waals surface area (Å²) in [5.74, 6) is -0.0866. The van der Waals surface area contributed by atoms with Crippen LogP contribution in [0.1, 0.15) is 42.5 Å². The minimum atomic E-state index is -3.25. The summed E-state index contributed by atoms with van der Waals surface area (Å²) < 4.78 is 24.8. The molecule has 23 heavy (non-hydrogen) atoms. The molecule has 0 radical (unpaired) electrons. The van der Waals surface area contributed by atoms with Crippen molar-refractivity contribution in [3.05, 3.63) is 17.7 Å². The zero-order chi connectivity index (χ0) is 17.4. The summed E-state index contributed by atoms with van der Waals surface area (Å²) in [7, 11) is -3.25. The van der Waals surface area contributed by atoms with Crippen LogP contribution in [-0.4, -0.2) is 57.3 Å². The molecule has 1 amide bonds. The highest BCUT2D eigenvalue weighted by atomic mass is 32.2. The summed E-state index contributed by atoms with van der Waals surface area (Å²) in [5, 5.41) is 20.4. The number of aliphatic hydroxyl groups excluding tert-OH is 1. The van der Waals surface area contributed by atoms with E-state index >= 15 is 0 Å². The monoisotopic (exact) mass is 345 g/mol. The van der Waals surface area contributed by atoms with Gasteiger partial charge < -0.3 is 20.5 Å². The zero-order valence-corrected chi connectivity index (χ0v) is 14.1. The van der Waals surface area contributed by atoms with Gasteiger partial charge in [0.1, 0.15) is 27.0 Å². The standard InChI is InChI=1S/C14H23N3O5S/c1-3-12-16-10(13(15)19)7-17(12)8-14(20)5-4-9(6-11(14)18)23(2,21)22/h7,9,11,18,20H,3-6,8H2,1-2H3,(H2,15,19)/t9-,11-,14-/m0/s1. The lowest BCUT2D eigenvalue weighted by atomic mass is 9.81. The van der Waals surface area contributed by atoms with Gasteiger partial charge in [-0.1, -0.05) is 6.92 Å². The van der Waals surface area contributed by atoms with Gasteiger partial charge in [0.25, 0.3) is 5.91 Å². The molecule has 9 heteroatoms. The van der Waals surface area contributed by atoms with Gasteiger partial charge in [-0.05, 0) is 19.3 Å². The molecule has 0 aliphatic heterocycles. The van der Waals surface area contributed by atoms with Gasteiger partial charge >= 0.3 is 0 Å². The van der Waals surface area contributed by atoms with E-state index in [1.165, 1.54) is 6.20 Å². The van der Waals surface area contributed by atoms with Crippen molar-refractivity contribution in [2.75, 3.05) is 6.26 Å². The summed E-state index contributed by atoms with van der Waals surface area (Å²) in [6.45, 7) is 1.89. The first kappa shape index (κ1) is 17.9. The Morgan fingerprint density at radius 2 is 2.22 bits per heavy atom. The molecule has 4 N–H and O–H groups in total. The van der Waals surface area contributed by atoms with Crippen molar-refractivity contribution in [2.24, 2.45) is 5.73 Å². The summed E-state index contributed by atoms with van der Waals surface area (Å²) in [6, 6.07) is 0. The second kappa shape index (κ2) is 6.21. The molecular formula is C14H23N3O5S. The highest BCUT2D eigenvalue weighted by Crippen LogP contribution is 2.33. The van der Waals surface area contributed by atoms with Crippen molar-refractivity contribution in [3.63, 3.8) is 0 Å². The lowest BCUT2D eigenvalue weighted by Crippen LogP contribution is -2.52. The van der Waals surface area contributed by atoms with Crippen molar-refractivity contribution in [1.29, 1.82) is 0 Å². The van der Waals surface area contributed by atoms with E-state index in [2.05, 4.69) is 4.98 Å². The number of nitrogens with zero attached hydrogens (tertiary/aromatic N) is 2. The molecule has 0 aromatic carbocycles. The third-order valence-corrected chi connectivity index (χ3v) is 6.12. The minimum Gasteiger partial charge on any atom is -0.390 e. The molecule has 0 saturated heterocycles. The van der Waals surface area contributed by atoms with Crippen LogP contribution in [0, 0.1) is 0 Å². The van der Waals surface area contributed by atoms with Crippen LogP contribution < -0.4 is 5.73 Å². The van der Waals surface area contributed by atoms with E-state index in [0.29, 0.717) is 12.2 Å². The number of hydrogen-bond acceptors (Lipinski definition) is 6. The normalized spacial score (nSPS) is 28.7. The Labute approximate surface area is 135 Å². The first-order valence-corrected chi connectivity index (χ1v) is 9.47. The maximum atomic E-state index is 11.6. The Morgan fingerprint density at radius 3 is 2.70 bits per heavy atom. The number of nitrogens with two attached hydrogens (primary N) is 1. The third kappa shape index (κ3) is 3.73. The van der Waals surface area contributed by atoms with E-state index in [1.54, 1.807) is 4.57 Å². The van der Waals surface area contributed by atoms with Gasteiger partial charge in [-0.3, -0.25) is 4.79 Å². The first-order chi connectivity index (χ1) is 10.6. The number of aromatic nitrogens is 2. The fourth-order valence-electron chi connectivity index (χ4n) is 3.02. The van der Waals surface area contributed by atoms with E-state index in [-0.39, 0.29) is 31.5 Å². The summed E-state index contributed by atoms with van der Waals surface area (Å²) in [5.41, 5.74) is 3.86. The molecule has 2 rings (SSSR count). The number of imidazole rings is 1. The highest BCUT2D eigenvalue weighted by molar-refractivity contribution is 7.91. The van der Waals surface area contributed by atoms with E-state index in [4.69, 9.17) is 5.73 Å². The van der Waals surface area contributed by atoms with Crippen molar-refractivity contribution in [3.8, 4) is 0 Å². The van der Waals surface area contributed by atoms with E-state index in [1.807, 2.05) is 6.92 Å². The van der Waals surface area contributed by atoms with Gasteiger partial charge in [-0.25, -0.2) is 13.4 Å². The average molecular weight is 345 g/mol. The van der Waals surface area contributed by atoms with Crippen LogP contribution in [-0.2, 0) is 22.8 Å². The molecule has 1 aliphatic rings. The summed E-state index contributed by atoms with van der Waals surface area (Å²) in [6.07, 6.45) is 2.39. The smallest absolute Gasteiger partial charge is 0.268 e. The minimum absolute atomic E-state index is 0.00579. The molecule has 0 unspecified atom stereocenters. The Morgan fingerprint density at radius 1 is 1.57 bits per heavy atom. The lowest BCUT2D eigenvalue weighted by Gasteiger charge is -2.40. The Bertz CT molecular complexity index is 699. The van der Waals surface area contributed by atoms with Crippen LogP contribution in [0.25, 0.3) is 0 Å². The van der Waals surface area contributed by atoms with Gasteiger partial charge in [0.2, 0.25) is 0 Å². The number of carbonyl (C=O) groups excluding carboxylic acids is 1. The van der Waals surface area contributed by atoms with E-state index < -0.39 is 32.7 Å². The van der Waals surface area contributed by atoms with Gasteiger partial charge in [-0.2, -0.15) is 0 Å². The molecule has 0 bridgehead atoms. The molecule has 3 atom stereocenters. The average Bonchev–Trinajstić information content (AvgIpc) is 2.84. The molecule has 1 aromatic rings. The lowest BCUT2D eigenvalue weighted by molar-refractivity contribution is -0.109. The predicted octanol–water partition coefficient (Wildman–Crippen LogP) is -0.766. The molecule has 1 fully saturated rings. The van der Waals surface area contributed by atoms with Crippen LogP contribution in [0.3, 0.4) is 0 Å². The zero-order valence-electron chi connectivity index (χ0n) is 13.3. The molecule has 1 aromatic heterocycles. The number of aliphatic hydroxyl groups is 2. The van der Waals surface area contributed by atoms with Crippen molar-refractivity contribution in [2.45, 2.75) is 56.1 Å². The molecular weight excluding hydrogens is 322 g/mol. The molecule has 0 spiro atoms. The Hall–Kier alpha value is -1.45. The maximum absolute atomic E-state index is 11.6. The van der Waals surface area contributed by atoms with Gasteiger partial charge in [0.05, 0.1) is 17.9 Å². The summed E-state index contributed by atoms with van der Waals surface area (Å²) in [4.78, 5) is 15.3. The van der Waals surface area contributed by atoms with Gasteiger partial charge in [-0.15, -0.1) is 0 Å².